The lowest BCUT2D eigenvalue weighted by molar-refractivity contribution is -0.474. The van der Waals surface area contributed by atoms with Crippen LogP contribution in [0.4, 0.5) is 4.79 Å². The zero-order chi connectivity index (χ0) is 22.6. The summed E-state index contributed by atoms with van der Waals surface area (Å²) in [6.07, 6.45) is -0.775. The molecule has 1 amide bonds. The number of carboxylic acids is 1. The molecule has 0 saturated carbocycles. The highest BCUT2D eigenvalue weighted by molar-refractivity contribution is 7.80. The molecule has 158 valence electrons. The standard InChI is InChI=1S/C13H23NO6.C3H7NO2S/c1-11(2,3)20-10(16)14-9(5-15)13-17-6-12(4,7-18-13)8-19-13;4-2(1-7)3(5)6/h9,15H,5-8H2,1-4H3,(H,14,16);2,7H,1,4H2,(H,5,6)/t9-,12?,13?;2-/m00/s1/i5D,14+1;1D,3+3,4+1/t5-,9-,12?,13?;1-,2-. The summed E-state index contributed by atoms with van der Waals surface area (Å²) < 4.78 is 35.9. The van der Waals surface area contributed by atoms with Gasteiger partial charge in [-0.25, -0.2) is 4.79 Å². The number of aliphatic carboxylic acids is 1. The van der Waals surface area contributed by atoms with Gasteiger partial charge in [-0.05, 0) is 20.8 Å². The third-order valence-corrected chi connectivity index (χ3v) is 3.83. The van der Waals surface area contributed by atoms with Gasteiger partial charge in [0, 0.05) is 12.5 Å². The highest BCUT2D eigenvalue weighted by atomic mass is 32.1. The molecular weight excluding hydrogens is 385 g/mol. The molecule has 2 bridgehead atoms. The number of ether oxygens (including phenoxy) is 4. The number of nitrogens with two attached hydrogens (primary N) is 1. The van der Waals surface area contributed by atoms with E-state index >= 15 is 0 Å². The summed E-state index contributed by atoms with van der Waals surface area (Å²) in [6.45, 7) is 6.52. The number of nitrogens with one attached hydrogen (secondary N) is 1. The first-order chi connectivity index (χ1) is 13.1. The van der Waals surface area contributed by atoms with Crippen molar-refractivity contribution in [2.24, 2.45) is 11.1 Å². The number of aliphatic hydroxyl groups excluding tert-OH is 1. The third kappa shape index (κ3) is 7.09. The second-order valence-electron chi connectivity index (χ2n) is 7.57. The van der Waals surface area contributed by atoms with Crippen molar-refractivity contribution in [3.05, 3.63) is 0 Å². The zero-order valence-corrected chi connectivity index (χ0v) is 16.7. The summed E-state index contributed by atoms with van der Waals surface area (Å²) in [4.78, 5) is 21.7. The Morgan fingerprint density at radius 3 is 2.19 bits per heavy atom. The Hall–Kier alpha value is -1.11. The van der Waals surface area contributed by atoms with E-state index in [9.17, 15) is 14.7 Å². The number of rotatable bonds is 5. The number of hydrogen-bond donors (Lipinski definition) is 5. The molecule has 10 nitrogen and oxygen atoms in total. The number of aliphatic hydroxyl groups is 1. The molecule has 3 fully saturated rings. The molecule has 0 aromatic rings. The molecule has 5 N–H and O–H groups in total. The summed E-state index contributed by atoms with van der Waals surface area (Å²) in [7, 11) is 0. The number of alkyl carbamates (subject to hydrolysis) is 1. The Morgan fingerprint density at radius 1 is 1.41 bits per heavy atom. The molecular formula is C16H30N2O8S. The summed E-state index contributed by atoms with van der Waals surface area (Å²) in [6, 6.07) is -2.39. The summed E-state index contributed by atoms with van der Waals surface area (Å²) in [5.74, 6) is -2.84. The molecule has 0 aromatic heterocycles. The van der Waals surface area contributed by atoms with Crippen LogP contribution in [0.3, 0.4) is 0 Å². The monoisotopic (exact) mass is 417 g/mol. The minimum Gasteiger partial charge on any atom is -0.480 e. The fourth-order valence-corrected chi connectivity index (χ4v) is 2.19. The van der Waals surface area contributed by atoms with Crippen LogP contribution in [0, 0.1) is 5.41 Å². The maximum atomic E-state index is 11.9. The lowest BCUT2D eigenvalue weighted by Crippen LogP contribution is -2.68. The van der Waals surface area contributed by atoms with Crippen molar-refractivity contribution in [3.63, 3.8) is 0 Å². The van der Waals surface area contributed by atoms with Gasteiger partial charge in [0.2, 0.25) is 0 Å². The van der Waals surface area contributed by atoms with Gasteiger partial charge in [-0.15, -0.1) is 0 Å². The van der Waals surface area contributed by atoms with Gasteiger partial charge in [0.05, 0.1) is 27.8 Å². The predicted octanol–water partition coefficient (Wildman–Crippen LogP) is -0.0628. The van der Waals surface area contributed by atoms with Crippen molar-refractivity contribution < 1.29 is 41.5 Å². The molecule has 3 rings (SSSR count). The Kier molecular flexibility index (Phi) is 7.17. The van der Waals surface area contributed by atoms with Crippen molar-refractivity contribution in [1.82, 2.24) is 5.32 Å². The summed E-state index contributed by atoms with van der Waals surface area (Å²) >= 11 is 3.49. The molecule has 27 heavy (non-hydrogen) atoms. The van der Waals surface area contributed by atoms with Crippen molar-refractivity contribution in [1.29, 1.82) is 0 Å². The quantitative estimate of drug-likeness (QED) is 0.306. The molecule has 4 atom stereocenters. The normalized spacial score (nSPS) is 32.6. The van der Waals surface area contributed by atoms with Gasteiger partial charge >= 0.3 is 18.0 Å². The van der Waals surface area contributed by atoms with Gasteiger partial charge in [0.15, 0.2) is 0 Å². The van der Waals surface area contributed by atoms with Crippen LogP contribution in [0.2, 0.25) is 0 Å². The van der Waals surface area contributed by atoms with Gasteiger partial charge in [-0.1, -0.05) is 6.92 Å². The highest BCUT2D eigenvalue weighted by Crippen LogP contribution is 2.39. The minimum absolute atomic E-state index is 0.245. The van der Waals surface area contributed by atoms with E-state index in [1.807, 2.05) is 6.92 Å². The van der Waals surface area contributed by atoms with E-state index in [0.717, 1.165) is 0 Å². The SMILES string of the molecule is [2H][C@H](O)[C@H]([15NH]C(=O)OC(C)(C)C)C12OCC(C)(CO1)CO2.[2H][C@H](S)[C@H]([15NH2])[15C](=O)O. The molecule has 0 aliphatic carbocycles. The molecule has 11 heteroatoms. The second kappa shape index (κ2) is 9.39. The number of hydrogen-bond acceptors (Lipinski definition) is 9. The molecule has 3 heterocycles. The number of carbonyl (C=O) groups is 2. The maximum Gasteiger partial charge on any atom is 0.408 e. The molecule has 0 aromatic carbocycles. The summed E-state index contributed by atoms with van der Waals surface area (Å²) in [5, 5.41) is 20.1. The van der Waals surface area contributed by atoms with Crippen LogP contribution in [0.5, 0.6) is 0 Å². The molecule has 0 radical (unpaired) electrons. The van der Waals surface area contributed by atoms with Crippen LogP contribution in [0.15, 0.2) is 0 Å². The smallest absolute Gasteiger partial charge is 0.408 e. The summed E-state index contributed by atoms with van der Waals surface area (Å²) in [5.41, 5.74) is 2.92. The minimum atomic E-state index is -1.68. The van der Waals surface area contributed by atoms with Gasteiger partial charge in [0.25, 0.3) is 0 Å². The number of carboxylic acid groups (broad SMARTS) is 1. The number of thiol groups is 1. The van der Waals surface area contributed by atoms with Crippen molar-refractivity contribution in [2.75, 3.05) is 32.1 Å². The van der Waals surface area contributed by atoms with Crippen LogP contribution >= 0.6 is 12.6 Å². The second-order valence-corrected chi connectivity index (χ2v) is 7.86. The molecule has 3 aliphatic heterocycles. The van der Waals surface area contributed by atoms with Crippen molar-refractivity contribution in [2.45, 2.75) is 51.4 Å². The lowest BCUT2D eigenvalue weighted by atomic mass is 9.91. The average molecular weight is 417 g/mol. The fraction of sp³-hybridized carbons (Fsp3) is 0.875. The van der Waals surface area contributed by atoms with E-state index in [1.54, 1.807) is 20.8 Å². The Morgan fingerprint density at radius 2 is 1.89 bits per heavy atom. The number of carbonyl (C=O) groups excluding carboxylic acids is 1. The van der Waals surface area contributed by atoms with Crippen LogP contribution in [-0.4, -0.2) is 78.1 Å². The van der Waals surface area contributed by atoms with Crippen LogP contribution in [0.25, 0.3) is 0 Å². The van der Waals surface area contributed by atoms with Gasteiger partial charge in [-0.3, -0.25) is 4.79 Å². The van der Waals surface area contributed by atoms with Crippen molar-refractivity contribution in [3.8, 4) is 0 Å². The first kappa shape index (κ1) is 20.6. The first-order valence-electron chi connectivity index (χ1n) is 9.37. The topological polar surface area (TPSA) is 150 Å². The predicted molar refractivity (Wildman–Crippen MR) is 98.4 cm³/mol. The lowest BCUT2D eigenvalue weighted by Gasteiger charge is -2.52. The van der Waals surface area contributed by atoms with E-state index in [0.29, 0.717) is 19.8 Å². The highest BCUT2D eigenvalue weighted by Gasteiger charge is 2.55. The maximum absolute atomic E-state index is 11.9. The van der Waals surface area contributed by atoms with E-state index < -0.39 is 48.0 Å². The molecule has 0 unspecified atom stereocenters. The van der Waals surface area contributed by atoms with E-state index in [1.165, 1.54) is 0 Å². The largest absolute Gasteiger partial charge is 0.480 e. The van der Waals surface area contributed by atoms with Crippen LogP contribution in [0.1, 0.15) is 30.4 Å². The first-order valence-corrected chi connectivity index (χ1v) is 8.73. The van der Waals surface area contributed by atoms with Crippen LogP contribution in [-0.2, 0) is 23.7 Å². The fourth-order valence-electron chi connectivity index (χ4n) is 2.06. The third-order valence-electron chi connectivity index (χ3n) is 3.51. The number of fused-ring (bicyclic) bond motifs is 3. The average Bonchev–Trinajstić information content (AvgIpc) is 2.58. The van der Waals surface area contributed by atoms with E-state index in [-0.39, 0.29) is 5.41 Å². The van der Waals surface area contributed by atoms with Gasteiger partial charge < -0.3 is 40.2 Å². The Bertz CT molecular complexity index is 563. The molecule has 0 spiro atoms. The van der Waals surface area contributed by atoms with Crippen molar-refractivity contribution >= 4 is 24.7 Å². The van der Waals surface area contributed by atoms with Crippen LogP contribution < -0.4 is 11.1 Å². The molecule has 3 aliphatic rings. The zero-order valence-electron chi connectivity index (χ0n) is 17.8. The van der Waals surface area contributed by atoms with E-state index in [2.05, 4.69) is 17.9 Å². The Labute approximate surface area is 166 Å². The van der Waals surface area contributed by atoms with E-state index in [4.69, 9.17) is 32.5 Å². The number of amides is 1. The molecule has 3 saturated heterocycles. The van der Waals surface area contributed by atoms with Gasteiger partial charge in [0.1, 0.15) is 17.7 Å². The Balaban J connectivity index is 0.000000447. The van der Waals surface area contributed by atoms with Gasteiger partial charge in [-0.2, -0.15) is 12.6 Å².